The van der Waals surface area contributed by atoms with Gasteiger partial charge in [-0.1, -0.05) is 29.5 Å². The van der Waals surface area contributed by atoms with Gasteiger partial charge in [0.05, 0.1) is 5.52 Å². The minimum atomic E-state index is -0.0270. The van der Waals surface area contributed by atoms with E-state index in [0.717, 1.165) is 17.6 Å². The van der Waals surface area contributed by atoms with Crippen molar-refractivity contribution in [3.63, 3.8) is 0 Å². The second-order valence-corrected chi connectivity index (χ2v) is 7.34. The molecule has 0 aliphatic heterocycles. The van der Waals surface area contributed by atoms with Gasteiger partial charge < -0.3 is 5.32 Å². The molecule has 1 aromatic heterocycles. The molecular formula is C20H20N4O. The first kappa shape index (κ1) is 14.6. The molecule has 2 atom stereocenters. The van der Waals surface area contributed by atoms with Crippen LogP contribution in [0.5, 0.6) is 0 Å². The number of rotatable bonds is 3. The average molecular weight is 332 g/mol. The summed E-state index contributed by atoms with van der Waals surface area (Å²) in [5, 5.41) is 11.2. The first-order chi connectivity index (χ1) is 12.2. The fraction of sp³-hybridized carbons (Fsp3) is 0.350. The maximum absolute atomic E-state index is 12.5. The van der Waals surface area contributed by atoms with Crippen LogP contribution < -0.4 is 5.32 Å². The number of amides is 1. The van der Waals surface area contributed by atoms with Crippen molar-refractivity contribution in [2.75, 3.05) is 6.54 Å². The zero-order valence-electron chi connectivity index (χ0n) is 14.2. The standard InChI is InChI=1S/C20H20N4O/c1-24-18-7-6-14(10-17(18)22-23-24)19(25)21-12-15-11-20(15)9-8-13-4-2-3-5-16(13)20/h2-7,10,15H,8-9,11-12H2,1H3,(H,21,25). The fourth-order valence-corrected chi connectivity index (χ4v) is 4.50. The molecule has 126 valence electrons. The molecule has 25 heavy (non-hydrogen) atoms. The normalized spacial score (nSPS) is 23.8. The van der Waals surface area contributed by atoms with Crippen LogP contribution in [0.25, 0.3) is 11.0 Å². The van der Waals surface area contributed by atoms with E-state index in [9.17, 15) is 4.79 Å². The maximum atomic E-state index is 12.5. The van der Waals surface area contributed by atoms with Crippen molar-refractivity contribution < 1.29 is 4.79 Å². The Balaban J connectivity index is 1.28. The Morgan fingerprint density at radius 2 is 2.20 bits per heavy atom. The molecule has 5 rings (SSSR count). The minimum absolute atomic E-state index is 0.0270. The Morgan fingerprint density at radius 1 is 1.32 bits per heavy atom. The number of carbonyl (C=O) groups excluding carboxylic acids is 1. The van der Waals surface area contributed by atoms with Crippen LogP contribution in [0.1, 0.15) is 34.3 Å². The van der Waals surface area contributed by atoms with Gasteiger partial charge in [-0.15, -0.1) is 5.10 Å². The van der Waals surface area contributed by atoms with Crippen LogP contribution in [0.2, 0.25) is 0 Å². The van der Waals surface area contributed by atoms with Gasteiger partial charge in [-0.2, -0.15) is 0 Å². The molecule has 5 heteroatoms. The molecule has 3 aromatic rings. The summed E-state index contributed by atoms with van der Waals surface area (Å²) in [5.41, 5.74) is 5.65. The van der Waals surface area contributed by atoms with Gasteiger partial charge in [-0.05, 0) is 54.5 Å². The van der Waals surface area contributed by atoms with Gasteiger partial charge in [0, 0.05) is 24.6 Å². The summed E-state index contributed by atoms with van der Waals surface area (Å²) in [4.78, 5) is 12.5. The van der Waals surface area contributed by atoms with E-state index in [1.807, 2.05) is 25.2 Å². The van der Waals surface area contributed by atoms with Crippen LogP contribution in [0.3, 0.4) is 0 Å². The highest BCUT2D eigenvalue weighted by Crippen LogP contribution is 2.61. The number of benzene rings is 2. The lowest BCUT2D eigenvalue weighted by Crippen LogP contribution is -2.27. The molecule has 2 unspecified atom stereocenters. The second kappa shape index (κ2) is 5.15. The van der Waals surface area contributed by atoms with Crippen molar-refractivity contribution in [2.24, 2.45) is 13.0 Å². The van der Waals surface area contributed by atoms with Gasteiger partial charge in [0.25, 0.3) is 5.91 Å². The molecule has 1 N–H and O–H groups in total. The largest absolute Gasteiger partial charge is 0.352 e. The number of aromatic nitrogens is 3. The fourth-order valence-electron chi connectivity index (χ4n) is 4.50. The van der Waals surface area contributed by atoms with E-state index in [0.29, 0.717) is 16.9 Å². The van der Waals surface area contributed by atoms with Crippen molar-refractivity contribution in [3.8, 4) is 0 Å². The topological polar surface area (TPSA) is 59.8 Å². The summed E-state index contributed by atoms with van der Waals surface area (Å²) in [7, 11) is 1.85. The predicted octanol–water partition coefficient (Wildman–Crippen LogP) is 2.60. The van der Waals surface area contributed by atoms with Crippen LogP contribution >= 0.6 is 0 Å². The van der Waals surface area contributed by atoms with Crippen LogP contribution in [0.4, 0.5) is 0 Å². The third-order valence-electron chi connectivity index (χ3n) is 6.01. The van der Waals surface area contributed by atoms with E-state index in [-0.39, 0.29) is 5.91 Å². The van der Waals surface area contributed by atoms with E-state index in [4.69, 9.17) is 0 Å². The van der Waals surface area contributed by atoms with Crippen LogP contribution in [0.15, 0.2) is 42.5 Å². The molecule has 1 heterocycles. The van der Waals surface area contributed by atoms with E-state index in [2.05, 4.69) is 39.9 Å². The molecule has 1 amide bonds. The summed E-state index contributed by atoms with van der Waals surface area (Å²) in [6.45, 7) is 0.742. The van der Waals surface area contributed by atoms with Gasteiger partial charge in [-0.25, -0.2) is 4.68 Å². The first-order valence-electron chi connectivity index (χ1n) is 8.83. The number of carbonyl (C=O) groups is 1. The summed E-state index contributed by atoms with van der Waals surface area (Å²) < 4.78 is 1.71. The number of aryl methyl sites for hydroxylation is 2. The Morgan fingerprint density at radius 3 is 3.12 bits per heavy atom. The van der Waals surface area contributed by atoms with Crippen molar-refractivity contribution in [3.05, 3.63) is 59.2 Å². The first-order valence-corrected chi connectivity index (χ1v) is 8.83. The van der Waals surface area contributed by atoms with E-state index < -0.39 is 0 Å². The highest BCUT2D eigenvalue weighted by molar-refractivity contribution is 5.97. The molecule has 0 bridgehead atoms. The molecule has 1 fully saturated rings. The number of hydrogen-bond donors (Lipinski definition) is 1. The SMILES string of the molecule is Cn1nnc2cc(C(=O)NCC3CC34CCc3ccccc34)ccc21. The number of nitrogens with zero attached hydrogens (tertiary/aromatic N) is 3. The summed E-state index contributed by atoms with van der Waals surface area (Å²) in [6.07, 6.45) is 3.58. The molecule has 0 radical (unpaired) electrons. The maximum Gasteiger partial charge on any atom is 0.251 e. The van der Waals surface area contributed by atoms with Crippen LogP contribution in [-0.2, 0) is 18.9 Å². The molecular weight excluding hydrogens is 312 g/mol. The highest BCUT2D eigenvalue weighted by Gasteiger charge is 2.57. The predicted molar refractivity (Wildman–Crippen MR) is 95.4 cm³/mol. The quantitative estimate of drug-likeness (QED) is 0.802. The Kier molecular flexibility index (Phi) is 3.02. The van der Waals surface area contributed by atoms with Crippen molar-refractivity contribution in [2.45, 2.75) is 24.7 Å². The van der Waals surface area contributed by atoms with E-state index in [1.165, 1.54) is 30.4 Å². The smallest absolute Gasteiger partial charge is 0.251 e. The van der Waals surface area contributed by atoms with Gasteiger partial charge in [0.15, 0.2) is 0 Å². The molecule has 0 saturated heterocycles. The lowest BCUT2D eigenvalue weighted by atomic mass is 9.95. The molecule has 2 aliphatic rings. The third-order valence-corrected chi connectivity index (χ3v) is 6.01. The number of nitrogens with one attached hydrogen (secondary N) is 1. The molecule has 2 aliphatic carbocycles. The van der Waals surface area contributed by atoms with Gasteiger partial charge >= 0.3 is 0 Å². The van der Waals surface area contributed by atoms with Crippen molar-refractivity contribution in [1.82, 2.24) is 20.3 Å². The minimum Gasteiger partial charge on any atom is -0.352 e. The van der Waals surface area contributed by atoms with Crippen LogP contribution in [0, 0.1) is 5.92 Å². The third kappa shape index (κ3) is 2.18. The number of hydrogen-bond acceptors (Lipinski definition) is 3. The monoisotopic (exact) mass is 332 g/mol. The number of fused-ring (bicyclic) bond motifs is 3. The van der Waals surface area contributed by atoms with E-state index in [1.54, 1.807) is 4.68 Å². The van der Waals surface area contributed by atoms with Gasteiger partial charge in [-0.3, -0.25) is 4.79 Å². The highest BCUT2D eigenvalue weighted by atomic mass is 16.1. The molecule has 1 saturated carbocycles. The second-order valence-electron chi connectivity index (χ2n) is 7.34. The lowest BCUT2D eigenvalue weighted by molar-refractivity contribution is 0.0951. The van der Waals surface area contributed by atoms with Gasteiger partial charge in [0.1, 0.15) is 5.52 Å². The zero-order chi connectivity index (χ0) is 17.0. The van der Waals surface area contributed by atoms with Crippen molar-refractivity contribution >= 4 is 16.9 Å². The summed E-state index contributed by atoms with van der Waals surface area (Å²) in [5.74, 6) is 0.529. The summed E-state index contributed by atoms with van der Waals surface area (Å²) >= 11 is 0. The lowest BCUT2D eigenvalue weighted by Gasteiger charge is -2.12. The van der Waals surface area contributed by atoms with E-state index >= 15 is 0 Å². The molecule has 2 aromatic carbocycles. The average Bonchev–Trinajstić information content (AvgIpc) is 3.04. The van der Waals surface area contributed by atoms with Crippen LogP contribution in [-0.4, -0.2) is 27.4 Å². The zero-order valence-corrected chi connectivity index (χ0v) is 14.2. The molecule has 1 spiro atoms. The summed E-state index contributed by atoms with van der Waals surface area (Å²) in [6, 6.07) is 14.3. The Labute approximate surface area is 146 Å². The molecule has 5 nitrogen and oxygen atoms in total. The Bertz CT molecular complexity index is 992. The van der Waals surface area contributed by atoms with Crippen molar-refractivity contribution in [1.29, 1.82) is 0 Å². The van der Waals surface area contributed by atoms with Gasteiger partial charge in [0.2, 0.25) is 0 Å². The Hall–Kier alpha value is -2.69.